The van der Waals surface area contributed by atoms with Gasteiger partial charge in [0.1, 0.15) is 36.9 Å². The summed E-state index contributed by atoms with van der Waals surface area (Å²) in [4.78, 5) is 0. The molecule has 5 unspecified atom stereocenters. The zero-order valence-corrected chi connectivity index (χ0v) is 26.7. The van der Waals surface area contributed by atoms with Gasteiger partial charge < -0.3 is 28.4 Å². The fourth-order valence-electron chi connectivity index (χ4n) is 4.98. The average Bonchev–Trinajstić information content (AvgIpc) is 3.70. The predicted octanol–water partition coefficient (Wildman–Crippen LogP) is 6.79. The number of epoxide rings is 4. The van der Waals surface area contributed by atoms with E-state index in [0.717, 1.165) is 74.2 Å². The van der Waals surface area contributed by atoms with Crippen molar-refractivity contribution in [3.05, 3.63) is 53.3 Å². The summed E-state index contributed by atoms with van der Waals surface area (Å²) in [6.07, 6.45) is 2.87. The van der Waals surface area contributed by atoms with Gasteiger partial charge in [0.25, 0.3) is 0 Å². The van der Waals surface area contributed by atoms with Gasteiger partial charge in [0.15, 0.2) is 0 Å². The van der Waals surface area contributed by atoms with Gasteiger partial charge in [-0.2, -0.15) is 0 Å². The summed E-state index contributed by atoms with van der Waals surface area (Å²) < 4.78 is 37.9. The van der Waals surface area contributed by atoms with E-state index in [1.807, 2.05) is 0 Å². The first-order chi connectivity index (χ1) is 17.8. The number of hydrogen-bond acceptors (Lipinski definition) is 6. The summed E-state index contributed by atoms with van der Waals surface area (Å²) in [5.41, 5.74) is 1.97. The smallest absolute Gasteiger partial charge is 0.150 e. The van der Waals surface area contributed by atoms with Crippen molar-refractivity contribution in [2.45, 2.75) is 49.6 Å². The molecule has 0 saturated carbocycles. The molecule has 0 radical (unpaired) electrons. The Kier molecular flexibility index (Phi) is 8.02. The number of hydrogen-bond donors (Lipinski definition) is 0. The molecule has 0 aromatic heterocycles. The molecule has 4 saturated heterocycles. The molecule has 4 aliphatic rings. The van der Waals surface area contributed by atoms with Gasteiger partial charge in [0.2, 0.25) is 0 Å². The van der Waals surface area contributed by atoms with Crippen LogP contribution in [0.5, 0.6) is 11.5 Å². The monoisotopic (exact) mass is 764 g/mol. The standard InChI is InChI=1S/C27H28Br4O6/c1-27(15(6-17-8-33-17)7-18-9-34-18,14-2-4-16(5-3-14)32-10-19-11-35-19)21-22(28)24(30)26(25(31)23(21)29)37-13-20-12-36-20/h2-5,15,17-20H,6-13H2,1H3. The second kappa shape index (κ2) is 11.0. The van der Waals surface area contributed by atoms with Crippen LogP contribution in [0.4, 0.5) is 0 Å². The Labute approximate surface area is 250 Å². The molecular formula is C27H28Br4O6. The molecule has 37 heavy (non-hydrogen) atoms. The zero-order valence-electron chi connectivity index (χ0n) is 20.3. The number of halogens is 4. The van der Waals surface area contributed by atoms with E-state index in [1.165, 1.54) is 5.56 Å². The Bertz CT molecular complexity index is 1100. The highest BCUT2D eigenvalue weighted by atomic mass is 79.9. The molecule has 0 bridgehead atoms. The van der Waals surface area contributed by atoms with E-state index in [4.69, 9.17) is 28.4 Å². The van der Waals surface area contributed by atoms with E-state index in [9.17, 15) is 0 Å². The zero-order chi connectivity index (χ0) is 25.7. The van der Waals surface area contributed by atoms with Crippen LogP contribution in [-0.2, 0) is 24.4 Å². The molecular weight excluding hydrogens is 740 g/mol. The van der Waals surface area contributed by atoms with Crippen molar-refractivity contribution in [2.75, 3.05) is 39.6 Å². The summed E-state index contributed by atoms with van der Waals surface area (Å²) in [6, 6.07) is 8.50. The number of ether oxygens (including phenoxy) is 6. The average molecular weight is 768 g/mol. The minimum Gasteiger partial charge on any atom is -0.491 e. The van der Waals surface area contributed by atoms with Crippen LogP contribution in [0.1, 0.15) is 30.9 Å². The molecule has 4 aliphatic heterocycles. The molecule has 200 valence electrons. The van der Waals surface area contributed by atoms with Crippen LogP contribution in [0.3, 0.4) is 0 Å². The number of benzene rings is 2. The molecule has 4 heterocycles. The normalized spacial score (nSPS) is 27.8. The fraction of sp³-hybridized carbons (Fsp3) is 0.556. The highest BCUT2D eigenvalue weighted by Crippen LogP contribution is 2.56. The summed E-state index contributed by atoms with van der Waals surface area (Å²) in [6.45, 7) is 6.60. The van der Waals surface area contributed by atoms with Crippen LogP contribution < -0.4 is 9.47 Å². The molecule has 4 fully saturated rings. The molecule has 0 aliphatic carbocycles. The Morgan fingerprint density at radius 3 is 1.65 bits per heavy atom. The molecule has 6 rings (SSSR count). The topological polar surface area (TPSA) is 68.6 Å². The first-order valence-electron chi connectivity index (χ1n) is 12.5. The van der Waals surface area contributed by atoms with Gasteiger partial charge in [-0.25, -0.2) is 0 Å². The lowest BCUT2D eigenvalue weighted by Gasteiger charge is -2.41. The van der Waals surface area contributed by atoms with Gasteiger partial charge in [-0.1, -0.05) is 19.1 Å². The third kappa shape index (κ3) is 6.11. The lowest BCUT2D eigenvalue weighted by atomic mass is 9.64. The maximum atomic E-state index is 6.16. The largest absolute Gasteiger partial charge is 0.491 e. The van der Waals surface area contributed by atoms with Crippen molar-refractivity contribution < 1.29 is 28.4 Å². The third-order valence-corrected chi connectivity index (χ3v) is 11.7. The molecule has 2 aromatic carbocycles. The second-order valence-corrected chi connectivity index (χ2v) is 13.5. The Morgan fingerprint density at radius 1 is 0.730 bits per heavy atom. The maximum absolute atomic E-state index is 6.16. The van der Waals surface area contributed by atoms with Gasteiger partial charge in [-0.05, 0) is 106 Å². The van der Waals surface area contributed by atoms with Crippen molar-refractivity contribution in [3.63, 3.8) is 0 Å². The minimum atomic E-state index is -0.378. The van der Waals surface area contributed by atoms with E-state index in [-0.39, 0.29) is 35.7 Å². The summed E-state index contributed by atoms with van der Waals surface area (Å²) in [5.74, 6) is 1.87. The molecule has 5 atom stereocenters. The van der Waals surface area contributed by atoms with Crippen LogP contribution >= 0.6 is 63.7 Å². The van der Waals surface area contributed by atoms with E-state index in [1.54, 1.807) is 0 Å². The Hall–Kier alpha value is -0.200. The van der Waals surface area contributed by atoms with Gasteiger partial charge >= 0.3 is 0 Å². The molecule has 10 heteroatoms. The van der Waals surface area contributed by atoms with Crippen molar-refractivity contribution in [1.82, 2.24) is 0 Å². The second-order valence-electron chi connectivity index (χ2n) is 10.3. The van der Waals surface area contributed by atoms with Crippen molar-refractivity contribution in [3.8, 4) is 11.5 Å². The van der Waals surface area contributed by atoms with Crippen LogP contribution in [-0.4, -0.2) is 64.1 Å². The van der Waals surface area contributed by atoms with Crippen LogP contribution in [0.15, 0.2) is 42.2 Å². The molecule has 0 spiro atoms. The third-order valence-electron chi connectivity index (χ3n) is 7.57. The van der Waals surface area contributed by atoms with E-state index < -0.39 is 0 Å². The van der Waals surface area contributed by atoms with Crippen LogP contribution in [0.2, 0.25) is 0 Å². The molecule has 0 N–H and O–H groups in total. The van der Waals surface area contributed by atoms with Gasteiger partial charge in [0.05, 0.1) is 47.6 Å². The van der Waals surface area contributed by atoms with Crippen molar-refractivity contribution >= 4 is 63.7 Å². The molecule has 0 amide bonds. The van der Waals surface area contributed by atoms with Gasteiger partial charge in [-0.15, -0.1) is 0 Å². The maximum Gasteiger partial charge on any atom is 0.150 e. The summed E-state index contributed by atoms with van der Waals surface area (Å²) in [5, 5.41) is 0. The lowest BCUT2D eigenvalue weighted by molar-refractivity contribution is 0.238. The Balaban J connectivity index is 1.41. The van der Waals surface area contributed by atoms with Gasteiger partial charge in [-0.3, -0.25) is 0 Å². The highest BCUT2D eigenvalue weighted by Gasteiger charge is 2.47. The quantitative estimate of drug-likeness (QED) is 0.165. The highest BCUT2D eigenvalue weighted by molar-refractivity contribution is 9.14. The van der Waals surface area contributed by atoms with Crippen LogP contribution in [0.25, 0.3) is 0 Å². The first-order valence-corrected chi connectivity index (χ1v) is 15.7. The van der Waals surface area contributed by atoms with Crippen molar-refractivity contribution in [2.24, 2.45) is 5.92 Å². The molecule has 6 nitrogen and oxygen atoms in total. The SMILES string of the molecule is CC(c1ccc(OCC2CO2)cc1)(c1c(Br)c(Br)c(OCC2CO2)c(Br)c1Br)C(CC1CO1)CC1CO1. The van der Waals surface area contributed by atoms with E-state index >= 15 is 0 Å². The Morgan fingerprint density at radius 2 is 1.19 bits per heavy atom. The lowest BCUT2D eigenvalue weighted by Crippen LogP contribution is -2.36. The van der Waals surface area contributed by atoms with E-state index in [2.05, 4.69) is 94.9 Å². The number of rotatable bonds is 13. The predicted molar refractivity (Wildman–Crippen MR) is 153 cm³/mol. The van der Waals surface area contributed by atoms with Crippen molar-refractivity contribution in [1.29, 1.82) is 0 Å². The fourth-order valence-corrected chi connectivity index (χ4v) is 8.11. The minimum absolute atomic E-state index is 0.162. The summed E-state index contributed by atoms with van der Waals surface area (Å²) >= 11 is 15.6. The van der Waals surface area contributed by atoms with Gasteiger partial charge in [0, 0.05) is 14.4 Å². The van der Waals surface area contributed by atoms with E-state index in [0.29, 0.717) is 13.2 Å². The first kappa shape index (κ1) is 27.0. The molecule has 2 aromatic rings. The van der Waals surface area contributed by atoms with Crippen LogP contribution in [0, 0.1) is 5.92 Å². The summed E-state index contributed by atoms with van der Waals surface area (Å²) in [7, 11) is 0.